The number of rotatable bonds is 8. The van der Waals surface area contributed by atoms with Crippen LogP contribution in [0.15, 0.2) is 42.5 Å². The zero-order chi connectivity index (χ0) is 19.6. The Morgan fingerprint density at radius 3 is 2.26 bits per heavy atom. The average molecular weight is 372 g/mol. The van der Waals surface area contributed by atoms with Crippen LogP contribution in [0.3, 0.4) is 0 Å². The van der Waals surface area contributed by atoms with Crippen LogP contribution < -0.4 is 30.7 Å². The summed E-state index contributed by atoms with van der Waals surface area (Å²) in [6.07, 6.45) is 0.347. The van der Waals surface area contributed by atoms with Gasteiger partial charge in [-0.25, -0.2) is 4.79 Å². The van der Waals surface area contributed by atoms with Gasteiger partial charge in [0.15, 0.2) is 0 Å². The van der Waals surface area contributed by atoms with Gasteiger partial charge < -0.3 is 30.7 Å². The maximum atomic E-state index is 12.4. The smallest absolute Gasteiger partial charge is 0.323 e. The van der Waals surface area contributed by atoms with E-state index in [2.05, 4.69) is 21.3 Å². The molecule has 0 aliphatic heterocycles. The SMILES string of the molecule is CNCCC(=O)Nc1ccc(OC)c(NC(=O)Nc2ccccc2OC)c1. The molecule has 0 radical (unpaired) electrons. The lowest BCUT2D eigenvalue weighted by Gasteiger charge is -2.14. The van der Waals surface area contributed by atoms with Crippen LogP contribution in [0.1, 0.15) is 6.42 Å². The molecule has 8 nitrogen and oxygen atoms in total. The van der Waals surface area contributed by atoms with Crippen molar-refractivity contribution in [2.75, 3.05) is 43.8 Å². The number of anilines is 3. The molecule has 2 aromatic carbocycles. The van der Waals surface area contributed by atoms with E-state index in [0.717, 1.165) is 0 Å². The molecule has 4 N–H and O–H groups in total. The second kappa shape index (κ2) is 10.0. The van der Waals surface area contributed by atoms with Crippen LogP contribution >= 0.6 is 0 Å². The van der Waals surface area contributed by atoms with Gasteiger partial charge in [-0.15, -0.1) is 0 Å². The van der Waals surface area contributed by atoms with E-state index < -0.39 is 6.03 Å². The zero-order valence-electron chi connectivity index (χ0n) is 15.6. The lowest BCUT2D eigenvalue weighted by atomic mass is 10.2. The third kappa shape index (κ3) is 5.89. The van der Waals surface area contributed by atoms with Crippen molar-refractivity contribution < 1.29 is 19.1 Å². The summed E-state index contributed by atoms with van der Waals surface area (Å²) in [5.74, 6) is 0.891. The molecule has 2 aromatic rings. The minimum absolute atomic E-state index is 0.126. The van der Waals surface area contributed by atoms with E-state index in [1.807, 2.05) is 6.07 Å². The van der Waals surface area contributed by atoms with Crippen molar-refractivity contribution in [3.05, 3.63) is 42.5 Å². The summed E-state index contributed by atoms with van der Waals surface area (Å²) in [5, 5.41) is 11.1. The highest BCUT2D eigenvalue weighted by Gasteiger charge is 2.12. The molecule has 0 fully saturated rings. The standard InChI is InChI=1S/C19H24N4O4/c1-20-11-10-18(24)21-13-8-9-17(27-3)15(12-13)23-19(25)22-14-6-4-5-7-16(14)26-2/h4-9,12,20H,10-11H2,1-3H3,(H,21,24)(H2,22,23,25). The van der Waals surface area contributed by atoms with Gasteiger partial charge in [-0.2, -0.15) is 0 Å². The molecule has 0 saturated heterocycles. The van der Waals surface area contributed by atoms with Gasteiger partial charge in [-0.1, -0.05) is 12.1 Å². The molecule has 27 heavy (non-hydrogen) atoms. The molecule has 0 heterocycles. The van der Waals surface area contributed by atoms with Crippen molar-refractivity contribution in [3.8, 4) is 11.5 Å². The van der Waals surface area contributed by atoms with Gasteiger partial charge in [-0.05, 0) is 37.4 Å². The number of hydrogen-bond donors (Lipinski definition) is 4. The third-order valence-electron chi connectivity index (χ3n) is 3.69. The highest BCUT2D eigenvalue weighted by molar-refractivity contribution is 6.02. The minimum atomic E-state index is -0.462. The van der Waals surface area contributed by atoms with E-state index in [1.54, 1.807) is 43.4 Å². The van der Waals surface area contributed by atoms with Gasteiger partial charge in [0.05, 0.1) is 25.6 Å². The van der Waals surface area contributed by atoms with Crippen LogP contribution in [0.25, 0.3) is 0 Å². The highest BCUT2D eigenvalue weighted by Crippen LogP contribution is 2.29. The second-order valence-electron chi connectivity index (χ2n) is 5.60. The van der Waals surface area contributed by atoms with Crippen LogP contribution in [-0.2, 0) is 4.79 Å². The number of methoxy groups -OCH3 is 2. The van der Waals surface area contributed by atoms with Crippen molar-refractivity contribution >= 4 is 29.0 Å². The Labute approximate surface area is 158 Å². The van der Waals surface area contributed by atoms with Crippen molar-refractivity contribution in [1.29, 1.82) is 0 Å². The number of carbonyl (C=O) groups excluding carboxylic acids is 2. The molecular formula is C19H24N4O4. The Balaban J connectivity index is 2.10. The Kier molecular flexibility index (Phi) is 7.45. The van der Waals surface area contributed by atoms with Gasteiger partial charge in [0.25, 0.3) is 0 Å². The number of carbonyl (C=O) groups is 2. The van der Waals surface area contributed by atoms with Crippen LogP contribution in [0, 0.1) is 0 Å². The minimum Gasteiger partial charge on any atom is -0.495 e. The summed E-state index contributed by atoms with van der Waals surface area (Å²) < 4.78 is 10.5. The summed E-state index contributed by atoms with van der Waals surface area (Å²) in [4.78, 5) is 24.2. The summed E-state index contributed by atoms with van der Waals surface area (Å²) in [6, 6.07) is 11.6. The molecule has 0 aliphatic carbocycles. The molecule has 0 saturated carbocycles. The van der Waals surface area contributed by atoms with Crippen molar-refractivity contribution in [2.45, 2.75) is 6.42 Å². The van der Waals surface area contributed by atoms with Gasteiger partial charge in [0, 0.05) is 18.7 Å². The first-order chi connectivity index (χ1) is 13.1. The fraction of sp³-hybridized carbons (Fsp3) is 0.263. The first-order valence-electron chi connectivity index (χ1n) is 8.41. The van der Waals surface area contributed by atoms with Gasteiger partial charge in [-0.3, -0.25) is 4.79 Å². The molecule has 0 aromatic heterocycles. The summed E-state index contributed by atoms with van der Waals surface area (Å²) in [7, 11) is 4.81. The quantitative estimate of drug-likeness (QED) is 0.571. The molecule has 0 aliphatic rings. The normalized spacial score (nSPS) is 10.0. The molecule has 8 heteroatoms. The van der Waals surface area contributed by atoms with Crippen LogP contribution in [0.4, 0.5) is 21.9 Å². The molecule has 144 valence electrons. The van der Waals surface area contributed by atoms with E-state index in [4.69, 9.17) is 9.47 Å². The number of benzene rings is 2. The summed E-state index contributed by atoms with van der Waals surface area (Å²) >= 11 is 0. The average Bonchev–Trinajstić information content (AvgIpc) is 2.67. The molecule has 2 rings (SSSR count). The fourth-order valence-electron chi connectivity index (χ4n) is 2.37. The molecule has 0 spiro atoms. The Bertz CT molecular complexity index is 795. The number of para-hydroxylation sites is 2. The van der Waals surface area contributed by atoms with Gasteiger partial charge in [0.1, 0.15) is 11.5 Å². The molecular weight excluding hydrogens is 348 g/mol. The van der Waals surface area contributed by atoms with Crippen LogP contribution in [-0.4, -0.2) is 39.8 Å². The first-order valence-corrected chi connectivity index (χ1v) is 8.41. The summed E-state index contributed by atoms with van der Waals surface area (Å²) in [5.41, 5.74) is 1.52. The Morgan fingerprint density at radius 1 is 0.889 bits per heavy atom. The third-order valence-corrected chi connectivity index (χ3v) is 3.69. The largest absolute Gasteiger partial charge is 0.495 e. The second-order valence-corrected chi connectivity index (χ2v) is 5.60. The monoisotopic (exact) mass is 372 g/mol. The van der Waals surface area contributed by atoms with E-state index in [1.165, 1.54) is 14.2 Å². The Hall–Kier alpha value is -3.26. The molecule has 0 bridgehead atoms. The van der Waals surface area contributed by atoms with Crippen molar-refractivity contribution in [3.63, 3.8) is 0 Å². The maximum Gasteiger partial charge on any atom is 0.323 e. The number of amides is 3. The molecule has 0 atom stereocenters. The number of urea groups is 1. The van der Waals surface area contributed by atoms with E-state index >= 15 is 0 Å². The van der Waals surface area contributed by atoms with Crippen LogP contribution in [0.5, 0.6) is 11.5 Å². The lowest BCUT2D eigenvalue weighted by Crippen LogP contribution is -2.21. The lowest BCUT2D eigenvalue weighted by molar-refractivity contribution is -0.116. The fourth-order valence-corrected chi connectivity index (χ4v) is 2.37. The van der Waals surface area contributed by atoms with Crippen LogP contribution in [0.2, 0.25) is 0 Å². The van der Waals surface area contributed by atoms with Crippen molar-refractivity contribution in [2.24, 2.45) is 0 Å². The molecule has 3 amide bonds. The number of hydrogen-bond acceptors (Lipinski definition) is 5. The van der Waals surface area contributed by atoms with E-state index in [0.29, 0.717) is 41.5 Å². The van der Waals surface area contributed by atoms with Gasteiger partial charge in [0.2, 0.25) is 5.91 Å². The first kappa shape index (κ1) is 20.1. The number of nitrogens with one attached hydrogen (secondary N) is 4. The predicted molar refractivity (Wildman–Crippen MR) is 106 cm³/mol. The zero-order valence-corrected chi connectivity index (χ0v) is 15.6. The predicted octanol–water partition coefficient (Wildman–Crippen LogP) is 2.90. The summed E-state index contributed by atoms with van der Waals surface area (Å²) in [6.45, 7) is 0.578. The van der Waals surface area contributed by atoms with Gasteiger partial charge >= 0.3 is 6.03 Å². The topological polar surface area (TPSA) is 101 Å². The van der Waals surface area contributed by atoms with Crippen molar-refractivity contribution in [1.82, 2.24) is 5.32 Å². The number of ether oxygens (including phenoxy) is 2. The maximum absolute atomic E-state index is 12.4. The van der Waals surface area contributed by atoms with E-state index in [9.17, 15) is 9.59 Å². The molecule has 0 unspecified atom stereocenters. The Morgan fingerprint density at radius 2 is 1.56 bits per heavy atom. The van der Waals surface area contributed by atoms with E-state index in [-0.39, 0.29) is 5.91 Å². The highest BCUT2D eigenvalue weighted by atomic mass is 16.5.